The van der Waals surface area contributed by atoms with E-state index >= 15 is 0 Å². The molecule has 2 N–H and O–H groups in total. The zero-order chi connectivity index (χ0) is 14.7. The van der Waals surface area contributed by atoms with Crippen LogP contribution >= 0.6 is 11.6 Å². The lowest BCUT2D eigenvalue weighted by atomic mass is 10.0. The van der Waals surface area contributed by atoms with Crippen LogP contribution in [0.15, 0.2) is 22.7 Å². The summed E-state index contributed by atoms with van der Waals surface area (Å²) < 4.78 is 18.8. The van der Waals surface area contributed by atoms with Gasteiger partial charge in [0.25, 0.3) is 0 Å². The van der Waals surface area contributed by atoms with E-state index in [1.807, 2.05) is 0 Å². The molecule has 0 aliphatic carbocycles. The quantitative estimate of drug-likeness (QED) is 0.917. The molecular weight excluding hydrogens is 281 g/mol. The van der Waals surface area contributed by atoms with Crippen molar-refractivity contribution in [2.24, 2.45) is 11.7 Å². The zero-order valence-corrected chi connectivity index (χ0v) is 12.2. The Kier molecular flexibility index (Phi) is 4.73. The highest BCUT2D eigenvalue weighted by Crippen LogP contribution is 2.22. The van der Waals surface area contributed by atoms with Crippen LogP contribution in [0, 0.1) is 11.7 Å². The van der Waals surface area contributed by atoms with Crippen molar-refractivity contribution < 1.29 is 8.91 Å². The second kappa shape index (κ2) is 6.33. The van der Waals surface area contributed by atoms with E-state index in [0.717, 1.165) is 6.42 Å². The minimum absolute atomic E-state index is 0.184. The van der Waals surface area contributed by atoms with Gasteiger partial charge >= 0.3 is 0 Å². The van der Waals surface area contributed by atoms with E-state index in [-0.39, 0.29) is 18.3 Å². The third-order valence-corrected chi connectivity index (χ3v) is 3.28. The molecule has 1 aromatic carbocycles. The highest BCUT2D eigenvalue weighted by Gasteiger charge is 2.17. The van der Waals surface area contributed by atoms with E-state index < -0.39 is 0 Å². The van der Waals surface area contributed by atoms with Gasteiger partial charge in [0.05, 0.1) is 6.04 Å². The highest BCUT2D eigenvalue weighted by atomic mass is 35.5. The Morgan fingerprint density at radius 2 is 2.15 bits per heavy atom. The first-order valence-corrected chi connectivity index (χ1v) is 6.86. The predicted octanol–water partition coefficient (Wildman–Crippen LogP) is 3.50. The number of nitrogens with two attached hydrogens (primary N) is 1. The summed E-state index contributed by atoms with van der Waals surface area (Å²) in [6.45, 7) is 4.13. The first-order chi connectivity index (χ1) is 9.47. The number of aromatic nitrogens is 2. The van der Waals surface area contributed by atoms with Gasteiger partial charge in [-0.3, -0.25) is 0 Å². The molecular formula is C14H17ClFN3O. The molecule has 0 saturated heterocycles. The average Bonchev–Trinajstić information content (AvgIpc) is 2.82. The molecule has 1 heterocycles. The fourth-order valence-corrected chi connectivity index (χ4v) is 2.19. The summed E-state index contributed by atoms with van der Waals surface area (Å²) in [6, 6.07) is 4.24. The van der Waals surface area contributed by atoms with Crippen molar-refractivity contribution in [1.29, 1.82) is 0 Å². The summed E-state index contributed by atoms with van der Waals surface area (Å²) in [5.41, 5.74) is 6.33. The van der Waals surface area contributed by atoms with Crippen LogP contribution in [-0.2, 0) is 6.42 Å². The van der Waals surface area contributed by atoms with Crippen LogP contribution in [0.2, 0.25) is 5.02 Å². The van der Waals surface area contributed by atoms with E-state index in [1.165, 1.54) is 6.07 Å². The fourth-order valence-electron chi connectivity index (χ4n) is 1.96. The van der Waals surface area contributed by atoms with Gasteiger partial charge in [-0.1, -0.05) is 36.7 Å². The van der Waals surface area contributed by atoms with Crippen molar-refractivity contribution in [3.8, 4) is 0 Å². The summed E-state index contributed by atoms with van der Waals surface area (Å²) in [4.78, 5) is 4.21. The Balaban J connectivity index is 2.14. The number of rotatable bonds is 5. The van der Waals surface area contributed by atoms with Crippen molar-refractivity contribution in [3.63, 3.8) is 0 Å². The summed E-state index contributed by atoms with van der Waals surface area (Å²) >= 11 is 5.97. The summed E-state index contributed by atoms with van der Waals surface area (Å²) in [6.07, 6.45) is 0.936. The molecule has 0 fully saturated rings. The van der Waals surface area contributed by atoms with Gasteiger partial charge in [-0.05, 0) is 24.5 Å². The molecule has 6 heteroatoms. The minimum Gasteiger partial charge on any atom is -0.338 e. The molecule has 1 atom stereocenters. The molecule has 2 aromatic rings. The number of nitrogens with zero attached hydrogens (tertiary/aromatic N) is 2. The molecule has 0 radical (unpaired) electrons. The third kappa shape index (κ3) is 3.55. The van der Waals surface area contributed by atoms with E-state index in [4.69, 9.17) is 21.9 Å². The fraction of sp³-hybridized carbons (Fsp3) is 0.429. The monoisotopic (exact) mass is 297 g/mol. The van der Waals surface area contributed by atoms with Crippen LogP contribution < -0.4 is 5.73 Å². The minimum atomic E-state index is -0.379. The van der Waals surface area contributed by atoms with Crippen molar-refractivity contribution in [2.45, 2.75) is 32.7 Å². The molecule has 0 amide bonds. The van der Waals surface area contributed by atoms with E-state index in [0.29, 0.717) is 28.2 Å². The Morgan fingerprint density at radius 3 is 2.80 bits per heavy atom. The molecule has 0 aliphatic heterocycles. The molecule has 0 spiro atoms. The molecule has 2 rings (SSSR count). The molecule has 20 heavy (non-hydrogen) atoms. The van der Waals surface area contributed by atoms with Crippen LogP contribution in [-0.4, -0.2) is 10.1 Å². The van der Waals surface area contributed by atoms with Crippen molar-refractivity contribution >= 4 is 11.6 Å². The maximum atomic E-state index is 13.7. The SMILES string of the molecule is CC(C)C[C@H](N)c1nc(Cc2c(F)cccc2Cl)no1. The number of hydrogen-bond acceptors (Lipinski definition) is 4. The maximum Gasteiger partial charge on any atom is 0.243 e. The first kappa shape index (κ1) is 14.9. The zero-order valence-electron chi connectivity index (χ0n) is 11.4. The van der Waals surface area contributed by atoms with Gasteiger partial charge in [-0.15, -0.1) is 0 Å². The summed E-state index contributed by atoms with van der Waals surface area (Å²) in [5.74, 6) is 0.809. The number of hydrogen-bond donors (Lipinski definition) is 1. The molecule has 0 saturated carbocycles. The summed E-state index contributed by atoms with van der Waals surface area (Å²) in [7, 11) is 0. The van der Waals surface area contributed by atoms with Crippen molar-refractivity contribution in [2.75, 3.05) is 0 Å². The molecule has 0 unspecified atom stereocenters. The van der Waals surface area contributed by atoms with Crippen LogP contribution in [0.25, 0.3) is 0 Å². The van der Waals surface area contributed by atoms with Gasteiger partial charge in [0.15, 0.2) is 5.82 Å². The van der Waals surface area contributed by atoms with Gasteiger partial charge in [0, 0.05) is 17.0 Å². The molecule has 4 nitrogen and oxygen atoms in total. The first-order valence-electron chi connectivity index (χ1n) is 6.48. The van der Waals surface area contributed by atoms with Crippen LogP contribution in [0.3, 0.4) is 0 Å². The van der Waals surface area contributed by atoms with Crippen LogP contribution in [0.5, 0.6) is 0 Å². The smallest absolute Gasteiger partial charge is 0.243 e. The lowest BCUT2D eigenvalue weighted by Gasteiger charge is -2.08. The largest absolute Gasteiger partial charge is 0.338 e. The van der Waals surface area contributed by atoms with E-state index in [2.05, 4.69) is 24.0 Å². The molecule has 108 valence electrons. The van der Waals surface area contributed by atoms with Crippen molar-refractivity contribution in [3.05, 3.63) is 46.3 Å². The lowest BCUT2D eigenvalue weighted by Crippen LogP contribution is -2.13. The van der Waals surface area contributed by atoms with Gasteiger partial charge in [-0.25, -0.2) is 4.39 Å². The van der Waals surface area contributed by atoms with E-state index in [9.17, 15) is 4.39 Å². The molecule has 1 aromatic heterocycles. The number of benzene rings is 1. The molecule has 0 bridgehead atoms. The second-order valence-corrected chi connectivity index (χ2v) is 5.57. The Labute approximate surface area is 122 Å². The topological polar surface area (TPSA) is 64.9 Å². The number of halogens is 2. The maximum absolute atomic E-state index is 13.7. The van der Waals surface area contributed by atoms with Crippen LogP contribution in [0.1, 0.15) is 43.6 Å². The van der Waals surface area contributed by atoms with Crippen molar-refractivity contribution in [1.82, 2.24) is 10.1 Å². The third-order valence-electron chi connectivity index (χ3n) is 2.92. The standard InChI is InChI=1S/C14H17ClFN3O/c1-8(2)6-12(17)14-18-13(19-20-14)7-9-10(15)4-3-5-11(9)16/h3-5,8,12H,6-7,17H2,1-2H3/t12-/m0/s1. The lowest BCUT2D eigenvalue weighted by molar-refractivity contribution is 0.332. The van der Waals surface area contributed by atoms with Gasteiger partial charge in [0.2, 0.25) is 5.89 Å². The average molecular weight is 298 g/mol. The Hall–Kier alpha value is -1.46. The second-order valence-electron chi connectivity index (χ2n) is 5.16. The van der Waals surface area contributed by atoms with Gasteiger partial charge < -0.3 is 10.3 Å². The predicted molar refractivity (Wildman–Crippen MR) is 74.9 cm³/mol. The Morgan fingerprint density at radius 1 is 1.40 bits per heavy atom. The Bertz CT molecular complexity index is 565. The van der Waals surface area contributed by atoms with Gasteiger partial charge in [-0.2, -0.15) is 4.98 Å². The van der Waals surface area contributed by atoms with Gasteiger partial charge in [0.1, 0.15) is 5.82 Å². The van der Waals surface area contributed by atoms with Crippen LogP contribution in [0.4, 0.5) is 4.39 Å². The highest BCUT2D eigenvalue weighted by molar-refractivity contribution is 6.31. The van der Waals surface area contributed by atoms with E-state index in [1.54, 1.807) is 12.1 Å². The molecule has 0 aliphatic rings. The normalized spacial score (nSPS) is 12.9. The summed E-state index contributed by atoms with van der Waals surface area (Å²) in [5, 5.41) is 4.18.